The molecule has 0 saturated heterocycles. The first kappa shape index (κ1) is 8.53. The van der Waals surface area contributed by atoms with E-state index in [0.29, 0.717) is 5.92 Å². The number of hydrogen-bond donors (Lipinski definition) is 0. The van der Waals surface area contributed by atoms with Crippen molar-refractivity contribution in [1.29, 1.82) is 0 Å². The summed E-state index contributed by atoms with van der Waals surface area (Å²) >= 11 is 1.65. The first-order valence-electron chi connectivity index (χ1n) is 3.61. The Hall–Kier alpha value is -0.570. The lowest BCUT2D eigenvalue weighted by atomic mass is 10.1. The first-order valence-corrected chi connectivity index (χ1v) is 4.83. The SMILES string of the molecule is CSc1nnccc1C(C)C. The van der Waals surface area contributed by atoms with Crippen molar-refractivity contribution in [3.05, 3.63) is 17.8 Å². The Morgan fingerprint density at radius 2 is 2.18 bits per heavy atom. The molecule has 0 aliphatic heterocycles. The van der Waals surface area contributed by atoms with E-state index in [9.17, 15) is 0 Å². The maximum atomic E-state index is 4.03. The molecule has 1 heterocycles. The maximum absolute atomic E-state index is 4.03. The minimum atomic E-state index is 0.535. The molecule has 0 radical (unpaired) electrons. The van der Waals surface area contributed by atoms with Gasteiger partial charge in [-0.3, -0.25) is 0 Å². The lowest BCUT2D eigenvalue weighted by Gasteiger charge is -2.06. The smallest absolute Gasteiger partial charge is 0.122 e. The number of nitrogens with zero attached hydrogens (tertiary/aromatic N) is 2. The average Bonchev–Trinajstić information content (AvgIpc) is 2.04. The third-order valence-electron chi connectivity index (χ3n) is 1.53. The van der Waals surface area contributed by atoms with Gasteiger partial charge in [-0.1, -0.05) is 13.8 Å². The highest BCUT2D eigenvalue weighted by Gasteiger charge is 2.05. The maximum Gasteiger partial charge on any atom is 0.122 e. The molecule has 1 aromatic heterocycles. The molecule has 0 fully saturated rings. The Morgan fingerprint density at radius 3 is 2.64 bits per heavy atom. The summed E-state index contributed by atoms with van der Waals surface area (Å²) in [5.41, 5.74) is 1.28. The lowest BCUT2D eigenvalue weighted by Crippen LogP contribution is -1.94. The summed E-state index contributed by atoms with van der Waals surface area (Å²) in [7, 11) is 0. The Balaban J connectivity index is 3.02. The van der Waals surface area contributed by atoms with E-state index in [4.69, 9.17) is 0 Å². The van der Waals surface area contributed by atoms with E-state index in [1.807, 2.05) is 12.3 Å². The van der Waals surface area contributed by atoms with E-state index < -0.39 is 0 Å². The predicted molar refractivity (Wildman–Crippen MR) is 47.9 cm³/mol. The van der Waals surface area contributed by atoms with Gasteiger partial charge in [-0.25, -0.2) is 0 Å². The number of thioether (sulfide) groups is 1. The van der Waals surface area contributed by atoms with Crippen molar-refractivity contribution in [3.8, 4) is 0 Å². The Kier molecular flexibility index (Phi) is 2.88. The van der Waals surface area contributed by atoms with Gasteiger partial charge in [-0.15, -0.1) is 16.9 Å². The van der Waals surface area contributed by atoms with Crippen LogP contribution >= 0.6 is 11.8 Å². The molecule has 0 N–H and O–H groups in total. The summed E-state index contributed by atoms with van der Waals surface area (Å²) in [6, 6.07) is 2.03. The van der Waals surface area contributed by atoms with Crippen LogP contribution in [-0.2, 0) is 0 Å². The Bertz CT molecular complexity index is 235. The second kappa shape index (κ2) is 3.72. The fourth-order valence-electron chi connectivity index (χ4n) is 0.927. The molecule has 0 amide bonds. The second-order valence-electron chi connectivity index (χ2n) is 2.65. The molecule has 0 aliphatic rings. The van der Waals surface area contributed by atoms with Gasteiger partial charge in [0.15, 0.2) is 0 Å². The van der Waals surface area contributed by atoms with Crippen LogP contribution in [0, 0.1) is 0 Å². The van der Waals surface area contributed by atoms with Crippen LogP contribution in [0.25, 0.3) is 0 Å². The number of aromatic nitrogens is 2. The lowest BCUT2D eigenvalue weighted by molar-refractivity contribution is 0.786. The molecule has 0 spiro atoms. The fourth-order valence-corrected chi connectivity index (χ4v) is 1.59. The summed E-state index contributed by atoms with van der Waals surface area (Å²) in [4.78, 5) is 0. The number of hydrogen-bond acceptors (Lipinski definition) is 3. The molecule has 0 bridgehead atoms. The quantitative estimate of drug-likeness (QED) is 0.634. The van der Waals surface area contributed by atoms with E-state index in [0.717, 1.165) is 5.03 Å². The van der Waals surface area contributed by atoms with E-state index in [2.05, 4.69) is 24.0 Å². The summed E-state index contributed by atoms with van der Waals surface area (Å²) in [5.74, 6) is 0.535. The van der Waals surface area contributed by atoms with Crippen LogP contribution in [0.5, 0.6) is 0 Å². The van der Waals surface area contributed by atoms with Gasteiger partial charge in [0, 0.05) is 6.20 Å². The van der Waals surface area contributed by atoms with Gasteiger partial charge in [0.1, 0.15) is 5.03 Å². The van der Waals surface area contributed by atoms with Crippen molar-refractivity contribution >= 4 is 11.8 Å². The topological polar surface area (TPSA) is 25.8 Å². The van der Waals surface area contributed by atoms with Crippen molar-refractivity contribution in [2.24, 2.45) is 0 Å². The van der Waals surface area contributed by atoms with Crippen LogP contribution in [0.15, 0.2) is 17.3 Å². The van der Waals surface area contributed by atoms with Gasteiger partial charge in [0.2, 0.25) is 0 Å². The van der Waals surface area contributed by atoms with Gasteiger partial charge in [0.05, 0.1) is 0 Å². The molecule has 1 aromatic rings. The molecular weight excluding hydrogens is 156 g/mol. The largest absolute Gasteiger partial charge is 0.158 e. The highest BCUT2D eigenvalue weighted by molar-refractivity contribution is 7.98. The highest BCUT2D eigenvalue weighted by Crippen LogP contribution is 2.23. The summed E-state index contributed by atoms with van der Waals surface area (Å²) in [5, 5.41) is 8.90. The monoisotopic (exact) mass is 168 g/mol. The molecule has 2 nitrogen and oxygen atoms in total. The van der Waals surface area contributed by atoms with Gasteiger partial charge in [0.25, 0.3) is 0 Å². The Morgan fingerprint density at radius 1 is 1.45 bits per heavy atom. The fraction of sp³-hybridized carbons (Fsp3) is 0.500. The van der Waals surface area contributed by atoms with Crippen molar-refractivity contribution in [2.45, 2.75) is 24.8 Å². The molecule has 0 aliphatic carbocycles. The second-order valence-corrected chi connectivity index (χ2v) is 3.45. The Labute approximate surface area is 71.4 Å². The van der Waals surface area contributed by atoms with Gasteiger partial charge in [-0.05, 0) is 23.8 Å². The van der Waals surface area contributed by atoms with Gasteiger partial charge >= 0.3 is 0 Å². The van der Waals surface area contributed by atoms with Gasteiger partial charge < -0.3 is 0 Å². The molecule has 0 aromatic carbocycles. The van der Waals surface area contributed by atoms with E-state index in [1.165, 1.54) is 5.56 Å². The average molecular weight is 168 g/mol. The van der Waals surface area contributed by atoms with Crippen LogP contribution in [0.2, 0.25) is 0 Å². The summed E-state index contributed by atoms with van der Waals surface area (Å²) < 4.78 is 0. The third-order valence-corrected chi connectivity index (χ3v) is 2.24. The zero-order valence-corrected chi connectivity index (χ0v) is 7.85. The minimum Gasteiger partial charge on any atom is -0.158 e. The van der Waals surface area contributed by atoms with E-state index >= 15 is 0 Å². The van der Waals surface area contributed by atoms with Crippen molar-refractivity contribution < 1.29 is 0 Å². The first-order chi connectivity index (χ1) is 5.25. The van der Waals surface area contributed by atoms with Gasteiger partial charge in [-0.2, -0.15) is 5.10 Å². The highest BCUT2D eigenvalue weighted by atomic mass is 32.2. The van der Waals surface area contributed by atoms with Crippen molar-refractivity contribution in [1.82, 2.24) is 10.2 Å². The molecule has 1 rings (SSSR count). The van der Waals surface area contributed by atoms with Crippen LogP contribution < -0.4 is 0 Å². The van der Waals surface area contributed by atoms with Crippen molar-refractivity contribution in [2.75, 3.05) is 6.26 Å². The van der Waals surface area contributed by atoms with Crippen LogP contribution in [0.1, 0.15) is 25.3 Å². The molecule has 60 valence electrons. The molecular formula is C8H12N2S. The minimum absolute atomic E-state index is 0.535. The normalized spacial score (nSPS) is 10.5. The number of rotatable bonds is 2. The molecule has 0 unspecified atom stereocenters. The molecule has 11 heavy (non-hydrogen) atoms. The molecule has 3 heteroatoms. The zero-order chi connectivity index (χ0) is 8.27. The van der Waals surface area contributed by atoms with E-state index in [1.54, 1.807) is 18.0 Å². The van der Waals surface area contributed by atoms with E-state index in [-0.39, 0.29) is 0 Å². The molecule has 0 atom stereocenters. The summed E-state index contributed by atoms with van der Waals surface area (Å²) in [6.07, 6.45) is 3.77. The zero-order valence-electron chi connectivity index (χ0n) is 7.03. The van der Waals surface area contributed by atoms with Crippen molar-refractivity contribution in [3.63, 3.8) is 0 Å². The van der Waals surface area contributed by atoms with Crippen LogP contribution in [0.4, 0.5) is 0 Å². The summed E-state index contributed by atoms with van der Waals surface area (Å²) in [6.45, 7) is 4.33. The predicted octanol–water partition coefficient (Wildman–Crippen LogP) is 2.32. The molecule has 0 saturated carbocycles. The van der Waals surface area contributed by atoms with Crippen LogP contribution in [0.3, 0.4) is 0 Å². The third kappa shape index (κ3) is 1.93. The standard InChI is InChI=1S/C8H12N2S/c1-6(2)7-4-5-9-10-8(7)11-3/h4-6H,1-3H3. The van der Waals surface area contributed by atoms with Crippen LogP contribution in [-0.4, -0.2) is 16.5 Å².